The summed E-state index contributed by atoms with van der Waals surface area (Å²) in [5, 5.41) is 31.5. The maximum Gasteiger partial charge on any atom is 0.337 e. The summed E-state index contributed by atoms with van der Waals surface area (Å²) in [4.78, 5) is 30.4. The lowest BCUT2D eigenvalue weighted by Gasteiger charge is -2.08. The van der Waals surface area contributed by atoms with Crippen LogP contribution in [0.3, 0.4) is 0 Å². The summed E-state index contributed by atoms with van der Waals surface area (Å²) in [6.07, 6.45) is 0. The van der Waals surface area contributed by atoms with E-state index in [1.165, 1.54) is 25.3 Å². The largest absolute Gasteiger partial charge is 0.507 e. The smallest absolute Gasteiger partial charge is 0.337 e. The van der Waals surface area contributed by atoms with E-state index in [1.807, 2.05) is 0 Å². The van der Waals surface area contributed by atoms with Gasteiger partial charge in [-0.05, 0) is 35.0 Å². The van der Waals surface area contributed by atoms with Crippen LogP contribution in [0.15, 0.2) is 30.3 Å². The molecule has 9 heteroatoms. The molecule has 132 valence electrons. The Hall–Kier alpha value is -4.37. The van der Waals surface area contributed by atoms with Crippen LogP contribution in [0.25, 0.3) is 10.8 Å². The number of carbonyl (C=O) groups is 2. The second-order valence-electron chi connectivity index (χ2n) is 5.41. The van der Waals surface area contributed by atoms with Gasteiger partial charge in [-0.2, -0.15) is 10.5 Å². The summed E-state index contributed by atoms with van der Waals surface area (Å²) in [5.74, 6) is -1.62. The normalized spacial score (nSPS) is 10.0. The van der Waals surface area contributed by atoms with Crippen LogP contribution in [0.5, 0.6) is 5.75 Å². The molecule has 0 radical (unpaired) electrons. The molecule has 0 spiro atoms. The number of nitrogens with zero attached hydrogens (tertiary/aromatic N) is 3. The SMILES string of the molecule is COC(=O)c1ccc2cc(O)c(C(=O)Nc3nc(C#N)c(C#N)[nH]3)cc2c1. The first-order valence-corrected chi connectivity index (χ1v) is 7.53. The van der Waals surface area contributed by atoms with E-state index in [0.717, 1.165) is 0 Å². The molecular formula is C18H11N5O4. The molecule has 0 bridgehead atoms. The van der Waals surface area contributed by atoms with Gasteiger partial charge in [-0.25, -0.2) is 9.78 Å². The number of methoxy groups -OCH3 is 1. The second-order valence-corrected chi connectivity index (χ2v) is 5.41. The monoisotopic (exact) mass is 361 g/mol. The number of esters is 1. The van der Waals surface area contributed by atoms with Gasteiger partial charge in [0.25, 0.3) is 5.91 Å². The number of phenolic OH excluding ortho intramolecular Hbond substituents is 1. The van der Waals surface area contributed by atoms with Gasteiger partial charge < -0.3 is 14.8 Å². The molecule has 0 aliphatic rings. The molecule has 27 heavy (non-hydrogen) atoms. The Morgan fingerprint density at radius 2 is 1.96 bits per heavy atom. The van der Waals surface area contributed by atoms with E-state index in [1.54, 1.807) is 24.3 Å². The first-order valence-electron chi connectivity index (χ1n) is 7.53. The number of imidazole rings is 1. The maximum absolute atomic E-state index is 12.5. The van der Waals surface area contributed by atoms with Crippen molar-refractivity contribution in [3.05, 3.63) is 52.8 Å². The summed E-state index contributed by atoms with van der Waals surface area (Å²) < 4.78 is 4.67. The van der Waals surface area contributed by atoms with Crippen molar-refractivity contribution < 1.29 is 19.4 Å². The van der Waals surface area contributed by atoms with Gasteiger partial charge in [0, 0.05) is 0 Å². The average molecular weight is 361 g/mol. The van der Waals surface area contributed by atoms with Crippen LogP contribution in [0.4, 0.5) is 5.95 Å². The number of hydrogen-bond donors (Lipinski definition) is 3. The number of phenols is 1. The number of fused-ring (bicyclic) bond motifs is 1. The molecule has 0 aliphatic heterocycles. The number of rotatable bonds is 3. The Bertz CT molecular complexity index is 1140. The third-order valence-electron chi connectivity index (χ3n) is 3.77. The van der Waals surface area contributed by atoms with Crippen molar-refractivity contribution >= 4 is 28.6 Å². The van der Waals surface area contributed by atoms with Gasteiger partial charge in [0.1, 0.15) is 17.9 Å². The molecule has 3 rings (SSSR count). The van der Waals surface area contributed by atoms with Crippen molar-refractivity contribution in [2.75, 3.05) is 12.4 Å². The zero-order chi connectivity index (χ0) is 19.6. The molecule has 0 atom stereocenters. The van der Waals surface area contributed by atoms with Gasteiger partial charge in [0.05, 0.1) is 18.2 Å². The Kier molecular flexibility index (Phi) is 4.43. The minimum absolute atomic E-state index is 0.0714. The first-order chi connectivity index (χ1) is 13.0. The third-order valence-corrected chi connectivity index (χ3v) is 3.77. The standard InChI is InChI=1S/C18H11N5O4/c1-27-17(26)10-3-2-9-6-15(24)12(5-11(9)4-10)16(25)23-18-21-13(7-19)14(8-20)22-18/h2-6,24H,1H3,(H2,21,22,23,25). The molecule has 0 fully saturated rings. The predicted molar refractivity (Wildman–Crippen MR) is 92.9 cm³/mol. The molecule has 2 aromatic carbocycles. The van der Waals surface area contributed by atoms with Gasteiger partial charge in [-0.3, -0.25) is 10.1 Å². The van der Waals surface area contributed by atoms with Crippen LogP contribution >= 0.6 is 0 Å². The van der Waals surface area contributed by atoms with Crippen molar-refractivity contribution in [1.82, 2.24) is 9.97 Å². The van der Waals surface area contributed by atoms with Crippen LogP contribution in [0, 0.1) is 22.7 Å². The first kappa shape index (κ1) is 17.5. The number of amides is 1. The number of hydrogen-bond acceptors (Lipinski definition) is 7. The highest BCUT2D eigenvalue weighted by atomic mass is 16.5. The van der Waals surface area contributed by atoms with E-state index in [4.69, 9.17) is 10.5 Å². The van der Waals surface area contributed by atoms with Crippen molar-refractivity contribution in [3.8, 4) is 17.9 Å². The quantitative estimate of drug-likeness (QED) is 0.604. The zero-order valence-electron chi connectivity index (χ0n) is 13.9. The van der Waals surface area contributed by atoms with Crippen molar-refractivity contribution in [2.45, 2.75) is 0 Å². The van der Waals surface area contributed by atoms with Gasteiger partial charge >= 0.3 is 5.97 Å². The fourth-order valence-electron chi connectivity index (χ4n) is 2.48. The van der Waals surface area contributed by atoms with E-state index >= 15 is 0 Å². The van der Waals surface area contributed by atoms with Crippen molar-refractivity contribution in [1.29, 1.82) is 10.5 Å². The predicted octanol–water partition coefficient (Wildman–Crippen LogP) is 2.05. The summed E-state index contributed by atoms with van der Waals surface area (Å²) >= 11 is 0. The van der Waals surface area contributed by atoms with E-state index in [-0.39, 0.29) is 28.6 Å². The Balaban J connectivity index is 1.97. The van der Waals surface area contributed by atoms with Crippen LogP contribution in [-0.2, 0) is 4.74 Å². The minimum Gasteiger partial charge on any atom is -0.507 e. The van der Waals surface area contributed by atoms with E-state index in [0.29, 0.717) is 16.3 Å². The molecule has 0 unspecified atom stereocenters. The fraction of sp³-hybridized carbons (Fsp3) is 0.0556. The van der Waals surface area contributed by atoms with Gasteiger partial charge in [0.2, 0.25) is 5.95 Å². The number of nitriles is 2. The van der Waals surface area contributed by atoms with E-state index in [2.05, 4.69) is 20.0 Å². The van der Waals surface area contributed by atoms with Crippen LogP contribution < -0.4 is 5.32 Å². The molecule has 0 aliphatic carbocycles. The third kappa shape index (κ3) is 3.25. The molecule has 3 aromatic rings. The van der Waals surface area contributed by atoms with Gasteiger partial charge in [-0.1, -0.05) is 6.07 Å². The number of anilines is 1. The highest BCUT2D eigenvalue weighted by Gasteiger charge is 2.17. The van der Waals surface area contributed by atoms with Crippen LogP contribution in [-0.4, -0.2) is 34.1 Å². The lowest BCUT2D eigenvalue weighted by molar-refractivity contribution is 0.0601. The van der Waals surface area contributed by atoms with E-state index < -0.39 is 11.9 Å². The summed E-state index contributed by atoms with van der Waals surface area (Å²) in [7, 11) is 1.26. The molecule has 0 saturated carbocycles. The fourth-order valence-corrected chi connectivity index (χ4v) is 2.48. The Morgan fingerprint density at radius 1 is 1.19 bits per heavy atom. The number of aromatic amines is 1. The molecule has 1 aromatic heterocycles. The van der Waals surface area contributed by atoms with Crippen molar-refractivity contribution in [3.63, 3.8) is 0 Å². The van der Waals surface area contributed by atoms with Crippen LogP contribution in [0.2, 0.25) is 0 Å². The highest BCUT2D eigenvalue weighted by Crippen LogP contribution is 2.27. The maximum atomic E-state index is 12.5. The number of ether oxygens (including phenoxy) is 1. The number of aromatic hydroxyl groups is 1. The Labute approximate surface area is 152 Å². The highest BCUT2D eigenvalue weighted by molar-refractivity contribution is 6.08. The Morgan fingerprint density at radius 3 is 2.59 bits per heavy atom. The second kappa shape index (κ2) is 6.86. The number of nitrogens with one attached hydrogen (secondary N) is 2. The number of aromatic nitrogens is 2. The molecule has 9 nitrogen and oxygen atoms in total. The summed E-state index contributed by atoms with van der Waals surface area (Å²) in [5.41, 5.74) is -0.0140. The lowest BCUT2D eigenvalue weighted by atomic mass is 10.0. The summed E-state index contributed by atoms with van der Waals surface area (Å²) in [6.45, 7) is 0. The molecule has 0 saturated heterocycles. The molecular weight excluding hydrogens is 350 g/mol. The number of H-pyrrole nitrogens is 1. The zero-order valence-corrected chi connectivity index (χ0v) is 13.9. The molecule has 1 amide bonds. The topological polar surface area (TPSA) is 152 Å². The number of benzene rings is 2. The lowest BCUT2D eigenvalue weighted by Crippen LogP contribution is -2.13. The minimum atomic E-state index is -0.708. The molecule has 3 N–H and O–H groups in total. The van der Waals surface area contributed by atoms with Gasteiger partial charge in [-0.15, -0.1) is 0 Å². The summed E-state index contributed by atoms with van der Waals surface area (Å²) in [6, 6.07) is 11.0. The number of carbonyl (C=O) groups excluding carboxylic acids is 2. The van der Waals surface area contributed by atoms with Gasteiger partial charge in [0.15, 0.2) is 11.4 Å². The molecule has 1 heterocycles. The van der Waals surface area contributed by atoms with Crippen molar-refractivity contribution in [2.24, 2.45) is 0 Å². The van der Waals surface area contributed by atoms with Crippen LogP contribution in [0.1, 0.15) is 32.1 Å². The van der Waals surface area contributed by atoms with E-state index in [9.17, 15) is 14.7 Å². The average Bonchev–Trinajstić information content (AvgIpc) is 3.08.